The topological polar surface area (TPSA) is 24.9 Å². The lowest BCUT2D eigenvalue weighted by Crippen LogP contribution is -2.00. The molecular weight excluding hydrogens is 223 g/mol. The third-order valence-corrected chi connectivity index (χ3v) is 3.03. The first-order valence-electron chi connectivity index (χ1n) is 5.19. The summed E-state index contributed by atoms with van der Waals surface area (Å²) in [5, 5.41) is 5.12. The summed E-state index contributed by atoms with van der Waals surface area (Å²) in [6.45, 7) is 2.58. The van der Waals surface area contributed by atoms with Gasteiger partial charge < -0.3 is 5.32 Å². The molecule has 0 amide bonds. The maximum absolute atomic E-state index is 13.5. The lowest BCUT2D eigenvalue weighted by atomic mass is 10.1. The van der Waals surface area contributed by atoms with Gasteiger partial charge in [-0.05, 0) is 24.1 Å². The minimum atomic E-state index is -0.147. The molecule has 0 aliphatic carbocycles. The highest BCUT2D eigenvalue weighted by Gasteiger charge is 2.01. The summed E-state index contributed by atoms with van der Waals surface area (Å²) in [6.07, 6.45) is 0.720. The summed E-state index contributed by atoms with van der Waals surface area (Å²) in [5.74, 6) is -0.147. The van der Waals surface area contributed by atoms with Gasteiger partial charge in [-0.25, -0.2) is 9.37 Å². The van der Waals surface area contributed by atoms with Crippen molar-refractivity contribution >= 4 is 17.0 Å². The second-order valence-electron chi connectivity index (χ2n) is 3.49. The van der Waals surface area contributed by atoms with Gasteiger partial charge in [0.25, 0.3) is 0 Å². The lowest BCUT2D eigenvalue weighted by Gasteiger charge is -2.06. The molecule has 1 heterocycles. The monoisotopic (exact) mass is 236 g/mol. The standard InChI is InChI=1S/C12H13FN2S/c1-2-9-3-4-10(5-12(9)13)14-6-11-7-16-8-15-11/h3-5,7-8,14H,2,6H2,1H3. The first kappa shape index (κ1) is 11.1. The van der Waals surface area contributed by atoms with Crippen LogP contribution in [-0.2, 0) is 13.0 Å². The van der Waals surface area contributed by atoms with E-state index < -0.39 is 0 Å². The Morgan fingerprint density at radius 2 is 2.31 bits per heavy atom. The van der Waals surface area contributed by atoms with Crippen LogP contribution in [0.1, 0.15) is 18.2 Å². The number of anilines is 1. The fourth-order valence-corrected chi connectivity index (χ4v) is 2.02. The predicted octanol–water partition coefficient (Wildman–Crippen LogP) is 3.46. The smallest absolute Gasteiger partial charge is 0.128 e. The zero-order valence-corrected chi connectivity index (χ0v) is 9.85. The highest BCUT2D eigenvalue weighted by atomic mass is 32.1. The zero-order valence-electron chi connectivity index (χ0n) is 9.03. The highest BCUT2D eigenvalue weighted by Crippen LogP contribution is 2.15. The van der Waals surface area contributed by atoms with Crippen LogP contribution < -0.4 is 5.32 Å². The lowest BCUT2D eigenvalue weighted by molar-refractivity contribution is 0.612. The average Bonchev–Trinajstić information content (AvgIpc) is 2.79. The number of hydrogen-bond donors (Lipinski definition) is 1. The number of halogens is 1. The predicted molar refractivity (Wildman–Crippen MR) is 65.2 cm³/mol. The highest BCUT2D eigenvalue weighted by molar-refractivity contribution is 7.07. The van der Waals surface area contributed by atoms with Crippen molar-refractivity contribution in [1.82, 2.24) is 4.98 Å². The van der Waals surface area contributed by atoms with Crippen molar-refractivity contribution < 1.29 is 4.39 Å². The van der Waals surface area contributed by atoms with Crippen LogP contribution in [0.5, 0.6) is 0 Å². The van der Waals surface area contributed by atoms with E-state index in [-0.39, 0.29) is 5.82 Å². The molecule has 0 aliphatic rings. The van der Waals surface area contributed by atoms with E-state index in [1.165, 1.54) is 6.07 Å². The molecule has 16 heavy (non-hydrogen) atoms. The molecule has 2 rings (SSSR count). The molecule has 0 spiro atoms. The number of thiazole rings is 1. The summed E-state index contributed by atoms with van der Waals surface area (Å²) >= 11 is 1.56. The molecule has 1 aromatic heterocycles. The summed E-state index contributed by atoms with van der Waals surface area (Å²) in [4.78, 5) is 4.15. The van der Waals surface area contributed by atoms with Gasteiger partial charge in [0.15, 0.2) is 0 Å². The van der Waals surface area contributed by atoms with E-state index >= 15 is 0 Å². The van der Waals surface area contributed by atoms with Crippen LogP contribution in [-0.4, -0.2) is 4.98 Å². The number of aryl methyl sites for hydroxylation is 1. The van der Waals surface area contributed by atoms with E-state index in [1.807, 2.05) is 24.4 Å². The third-order valence-electron chi connectivity index (χ3n) is 2.39. The number of nitrogens with zero attached hydrogens (tertiary/aromatic N) is 1. The molecule has 0 aliphatic heterocycles. The molecule has 0 saturated heterocycles. The van der Waals surface area contributed by atoms with E-state index in [0.717, 1.165) is 23.4 Å². The van der Waals surface area contributed by atoms with Gasteiger partial charge in [-0.15, -0.1) is 11.3 Å². The Kier molecular flexibility index (Phi) is 3.51. The Morgan fingerprint density at radius 1 is 1.44 bits per heavy atom. The summed E-state index contributed by atoms with van der Waals surface area (Å²) < 4.78 is 13.5. The Hall–Kier alpha value is -1.42. The van der Waals surface area contributed by atoms with Crippen LogP contribution in [0.3, 0.4) is 0 Å². The maximum atomic E-state index is 13.5. The van der Waals surface area contributed by atoms with Crippen LogP contribution in [0.15, 0.2) is 29.1 Å². The Balaban J connectivity index is 2.02. The number of aromatic nitrogens is 1. The van der Waals surface area contributed by atoms with Crippen molar-refractivity contribution in [1.29, 1.82) is 0 Å². The van der Waals surface area contributed by atoms with Gasteiger partial charge in [-0.1, -0.05) is 13.0 Å². The van der Waals surface area contributed by atoms with Crippen LogP contribution in [0.2, 0.25) is 0 Å². The van der Waals surface area contributed by atoms with Gasteiger partial charge in [0.05, 0.1) is 17.7 Å². The molecule has 0 atom stereocenters. The van der Waals surface area contributed by atoms with Crippen molar-refractivity contribution in [2.45, 2.75) is 19.9 Å². The molecule has 1 aromatic carbocycles. The minimum absolute atomic E-state index is 0.147. The number of hydrogen-bond acceptors (Lipinski definition) is 3. The normalized spacial score (nSPS) is 10.4. The van der Waals surface area contributed by atoms with Crippen molar-refractivity contribution in [2.24, 2.45) is 0 Å². The van der Waals surface area contributed by atoms with Crippen LogP contribution in [0, 0.1) is 5.82 Å². The van der Waals surface area contributed by atoms with Crippen LogP contribution in [0.4, 0.5) is 10.1 Å². The first-order valence-corrected chi connectivity index (χ1v) is 6.13. The third kappa shape index (κ3) is 2.58. The summed E-state index contributed by atoms with van der Waals surface area (Å²) in [6, 6.07) is 5.25. The van der Waals surface area contributed by atoms with Crippen molar-refractivity contribution in [2.75, 3.05) is 5.32 Å². The Bertz CT molecular complexity index is 454. The zero-order chi connectivity index (χ0) is 11.4. The Labute approximate surface area is 98.2 Å². The van der Waals surface area contributed by atoms with Crippen LogP contribution in [0.25, 0.3) is 0 Å². The molecule has 0 saturated carbocycles. The van der Waals surface area contributed by atoms with Crippen molar-refractivity contribution in [3.8, 4) is 0 Å². The van der Waals surface area contributed by atoms with Gasteiger partial charge in [-0.2, -0.15) is 0 Å². The second kappa shape index (κ2) is 5.07. The molecule has 84 valence electrons. The number of benzene rings is 1. The van der Waals surface area contributed by atoms with Gasteiger partial charge in [0, 0.05) is 11.1 Å². The number of nitrogens with one attached hydrogen (secondary N) is 1. The first-order chi connectivity index (χ1) is 7.79. The molecule has 2 aromatic rings. The number of rotatable bonds is 4. The van der Waals surface area contributed by atoms with Gasteiger partial charge in [-0.3, -0.25) is 0 Å². The van der Waals surface area contributed by atoms with Crippen LogP contribution >= 0.6 is 11.3 Å². The van der Waals surface area contributed by atoms with E-state index in [2.05, 4.69) is 10.3 Å². The van der Waals surface area contributed by atoms with E-state index in [4.69, 9.17) is 0 Å². The largest absolute Gasteiger partial charge is 0.379 e. The molecule has 0 unspecified atom stereocenters. The molecule has 2 nitrogen and oxygen atoms in total. The van der Waals surface area contributed by atoms with E-state index in [1.54, 1.807) is 16.8 Å². The maximum Gasteiger partial charge on any atom is 0.128 e. The Morgan fingerprint density at radius 3 is 2.94 bits per heavy atom. The SMILES string of the molecule is CCc1ccc(NCc2cscn2)cc1F. The van der Waals surface area contributed by atoms with E-state index in [9.17, 15) is 4.39 Å². The quantitative estimate of drug-likeness (QED) is 0.879. The van der Waals surface area contributed by atoms with E-state index in [0.29, 0.717) is 6.54 Å². The second-order valence-corrected chi connectivity index (χ2v) is 4.21. The molecule has 4 heteroatoms. The van der Waals surface area contributed by atoms with Gasteiger partial charge in [0.2, 0.25) is 0 Å². The van der Waals surface area contributed by atoms with Gasteiger partial charge in [0.1, 0.15) is 5.82 Å². The van der Waals surface area contributed by atoms with Gasteiger partial charge >= 0.3 is 0 Å². The minimum Gasteiger partial charge on any atom is -0.379 e. The molecule has 1 N–H and O–H groups in total. The van der Waals surface area contributed by atoms with Crippen molar-refractivity contribution in [3.05, 3.63) is 46.2 Å². The van der Waals surface area contributed by atoms with Crippen molar-refractivity contribution in [3.63, 3.8) is 0 Å². The molecule has 0 radical (unpaired) electrons. The summed E-state index contributed by atoms with van der Waals surface area (Å²) in [7, 11) is 0. The average molecular weight is 236 g/mol. The molecular formula is C12H13FN2S. The summed E-state index contributed by atoms with van der Waals surface area (Å²) in [5.41, 5.74) is 4.31. The fraction of sp³-hybridized carbons (Fsp3) is 0.250. The molecule has 0 bridgehead atoms. The molecule has 0 fully saturated rings. The fourth-order valence-electron chi connectivity index (χ4n) is 1.46.